The molecule has 81 heavy (non-hydrogen) atoms. The van der Waals surface area contributed by atoms with Crippen molar-refractivity contribution >= 4 is 17.9 Å². The van der Waals surface area contributed by atoms with Crippen LogP contribution in [0.15, 0.2) is 122 Å². The Morgan fingerprint density at radius 3 is 0.753 bits per heavy atom. The molecule has 0 aromatic rings. The second-order valence-corrected chi connectivity index (χ2v) is 22.3. The molecule has 0 aliphatic heterocycles. The van der Waals surface area contributed by atoms with E-state index in [1.54, 1.807) is 0 Å². The van der Waals surface area contributed by atoms with E-state index in [-0.39, 0.29) is 31.1 Å². The summed E-state index contributed by atoms with van der Waals surface area (Å²) in [5.74, 6) is -0.900. The van der Waals surface area contributed by atoms with Crippen LogP contribution in [0.2, 0.25) is 0 Å². The van der Waals surface area contributed by atoms with Gasteiger partial charge in [-0.1, -0.05) is 290 Å². The van der Waals surface area contributed by atoms with Gasteiger partial charge < -0.3 is 14.2 Å². The van der Waals surface area contributed by atoms with E-state index in [4.69, 9.17) is 14.2 Å². The number of ether oxygens (including phenoxy) is 3. The third kappa shape index (κ3) is 66.5. The predicted octanol–water partition coefficient (Wildman–Crippen LogP) is 23.6. The fraction of sp³-hybridized carbons (Fsp3) is 0.693. The van der Waals surface area contributed by atoms with Crippen molar-refractivity contribution in [1.29, 1.82) is 0 Å². The molecule has 0 aromatic heterocycles. The molecule has 0 saturated heterocycles. The number of unbranched alkanes of at least 4 members (excludes halogenated alkanes) is 30. The van der Waals surface area contributed by atoms with E-state index in [0.717, 1.165) is 141 Å². The second-order valence-electron chi connectivity index (χ2n) is 22.3. The number of allylic oxidation sites excluding steroid dienone is 20. The van der Waals surface area contributed by atoms with Crippen LogP contribution in [-0.4, -0.2) is 37.2 Å². The Hall–Kier alpha value is -4.19. The van der Waals surface area contributed by atoms with Crippen LogP contribution >= 0.6 is 0 Å². The molecular formula is C75H126O6. The zero-order valence-electron chi connectivity index (χ0n) is 53.0. The van der Waals surface area contributed by atoms with Crippen molar-refractivity contribution in [3.63, 3.8) is 0 Å². The van der Waals surface area contributed by atoms with Gasteiger partial charge in [0.2, 0.25) is 0 Å². The third-order valence-electron chi connectivity index (χ3n) is 14.4. The average molecular weight is 1120 g/mol. The fourth-order valence-electron chi connectivity index (χ4n) is 9.40. The van der Waals surface area contributed by atoms with Gasteiger partial charge in [-0.3, -0.25) is 14.4 Å². The van der Waals surface area contributed by atoms with Crippen LogP contribution in [0.5, 0.6) is 0 Å². The Morgan fingerprint density at radius 2 is 0.481 bits per heavy atom. The molecule has 0 heterocycles. The number of carbonyl (C=O) groups is 3. The second kappa shape index (κ2) is 68.3. The minimum atomic E-state index is -0.793. The minimum absolute atomic E-state index is 0.0868. The molecular weight excluding hydrogens is 997 g/mol. The zero-order chi connectivity index (χ0) is 58.5. The number of hydrogen-bond acceptors (Lipinski definition) is 6. The molecule has 462 valence electrons. The van der Waals surface area contributed by atoms with Gasteiger partial charge >= 0.3 is 17.9 Å². The van der Waals surface area contributed by atoms with Crippen molar-refractivity contribution in [3.8, 4) is 0 Å². The standard InChI is InChI=1S/C75H126O6/c1-4-7-10-13-16-19-22-25-28-30-32-34-35-36-37-38-39-41-42-44-47-50-53-56-59-62-65-68-74(77)80-71-72(70-79-73(76)67-64-61-58-55-52-49-46-27-24-21-18-15-12-9-6-3)81-75(78)69-66-63-60-57-54-51-48-45-43-40-33-31-29-26-23-20-17-14-11-8-5-2/h7-8,10-11,16-21,25-29,32-34,40,46,72H,4-6,9,12-15,22-24,30-31,35-39,41-45,47-71H2,1-3H3/b10-7-,11-8-,19-16-,20-17-,21-18-,28-25-,29-26-,34-32-,40-33-,46-27-. The summed E-state index contributed by atoms with van der Waals surface area (Å²) in [6.45, 7) is 6.40. The van der Waals surface area contributed by atoms with Crippen LogP contribution in [0.1, 0.15) is 316 Å². The maximum absolute atomic E-state index is 12.9. The van der Waals surface area contributed by atoms with Crippen LogP contribution in [0.4, 0.5) is 0 Å². The smallest absolute Gasteiger partial charge is 0.306 e. The Bertz CT molecular complexity index is 1670. The lowest BCUT2D eigenvalue weighted by Crippen LogP contribution is -2.30. The van der Waals surface area contributed by atoms with Crippen LogP contribution in [0.25, 0.3) is 0 Å². The van der Waals surface area contributed by atoms with Crippen molar-refractivity contribution in [2.75, 3.05) is 13.2 Å². The summed E-state index contributed by atoms with van der Waals surface area (Å²) in [6, 6.07) is 0. The summed E-state index contributed by atoms with van der Waals surface area (Å²) in [5.41, 5.74) is 0. The van der Waals surface area contributed by atoms with E-state index in [0.29, 0.717) is 19.3 Å². The molecule has 0 aromatic carbocycles. The van der Waals surface area contributed by atoms with Gasteiger partial charge in [-0.05, 0) is 128 Å². The van der Waals surface area contributed by atoms with Crippen LogP contribution in [0.3, 0.4) is 0 Å². The molecule has 6 heteroatoms. The van der Waals surface area contributed by atoms with Crippen molar-refractivity contribution in [2.24, 2.45) is 0 Å². The summed E-state index contributed by atoms with van der Waals surface area (Å²) in [6.07, 6.45) is 94.9. The van der Waals surface area contributed by atoms with Gasteiger partial charge in [0, 0.05) is 19.3 Å². The normalized spacial score (nSPS) is 12.9. The van der Waals surface area contributed by atoms with E-state index in [1.165, 1.54) is 135 Å². The van der Waals surface area contributed by atoms with Crippen LogP contribution in [-0.2, 0) is 28.6 Å². The first kappa shape index (κ1) is 76.8. The third-order valence-corrected chi connectivity index (χ3v) is 14.4. The van der Waals surface area contributed by atoms with E-state index in [2.05, 4.69) is 142 Å². The topological polar surface area (TPSA) is 78.9 Å². The lowest BCUT2D eigenvalue weighted by atomic mass is 10.0. The molecule has 0 spiro atoms. The molecule has 0 rings (SSSR count). The first-order chi connectivity index (χ1) is 40.0. The quantitative estimate of drug-likeness (QED) is 0.0261. The molecule has 0 aliphatic carbocycles. The molecule has 0 amide bonds. The lowest BCUT2D eigenvalue weighted by molar-refractivity contribution is -0.167. The molecule has 1 unspecified atom stereocenters. The van der Waals surface area contributed by atoms with Crippen molar-refractivity contribution in [2.45, 2.75) is 322 Å². The highest BCUT2D eigenvalue weighted by molar-refractivity contribution is 5.71. The minimum Gasteiger partial charge on any atom is -0.462 e. The Kier molecular flexibility index (Phi) is 64.8. The number of esters is 3. The summed E-state index contributed by atoms with van der Waals surface area (Å²) >= 11 is 0. The summed E-state index contributed by atoms with van der Waals surface area (Å²) in [5, 5.41) is 0. The molecule has 0 bridgehead atoms. The van der Waals surface area contributed by atoms with E-state index >= 15 is 0 Å². The van der Waals surface area contributed by atoms with Crippen molar-refractivity contribution in [3.05, 3.63) is 122 Å². The molecule has 6 nitrogen and oxygen atoms in total. The maximum Gasteiger partial charge on any atom is 0.306 e. The molecule has 0 fully saturated rings. The number of carbonyl (C=O) groups excluding carboxylic acids is 3. The molecule has 1 atom stereocenters. The summed E-state index contributed by atoms with van der Waals surface area (Å²) < 4.78 is 17.0. The molecule has 0 saturated carbocycles. The van der Waals surface area contributed by atoms with E-state index in [1.807, 2.05) is 0 Å². The Balaban J connectivity index is 4.34. The largest absolute Gasteiger partial charge is 0.462 e. The highest BCUT2D eigenvalue weighted by Gasteiger charge is 2.19. The Morgan fingerprint density at radius 1 is 0.259 bits per heavy atom. The van der Waals surface area contributed by atoms with Crippen LogP contribution in [0, 0.1) is 0 Å². The van der Waals surface area contributed by atoms with Gasteiger partial charge in [-0.25, -0.2) is 0 Å². The monoisotopic (exact) mass is 1120 g/mol. The molecule has 0 radical (unpaired) electrons. The van der Waals surface area contributed by atoms with Crippen molar-refractivity contribution in [1.82, 2.24) is 0 Å². The van der Waals surface area contributed by atoms with Gasteiger partial charge in [0.15, 0.2) is 6.10 Å². The molecule has 0 N–H and O–H groups in total. The van der Waals surface area contributed by atoms with Crippen molar-refractivity contribution < 1.29 is 28.6 Å². The highest BCUT2D eigenvalue weighted by atomic mass is 16.6. The zero-order valence-corrected chi connectivity index (χ0v) is 53.0. The predicted molar refractivity (Wildman–Crippen MR) is 353 cm³/mol. The highest BCUT2D eigenvalue weighted by Crippen LogP contribution is 2.16. The number of rotatable bonds is 61. The maximum atomic E-state index is 12.9. The first-order valence-corrected chi connectivity index (χ1v) is 34.0. The summed E-state index contributed by atoms with van der Waals surface area (Å²) in [4.78, 5) is 38.4. The van der Waals surface area contributed by atoms with Gasteiger partial charge in [0.1, 0.15) is 13.2 Å². The molecule has 0 aliphatic rings. The number of hydrogen-bond donors (Lipinski definition) is 0. The first-order valence-electron chi connectivity index (χ1n) is 34.0. The van der Waals surface area contributed by atoms with Gasteiger partial charge in [0.25, 0.3) is 0 Å². The Labute approximate surface area is 501 Å². The van der Waals surface area contributed by atoms with Gasteiger partial charge in [-0.15, -0.1) is 0 Å². The SMILES string of the molecule is CC/C=C\C/C=C\C/C=C\C/C=C\CCCCCCCCCCCCCCCCC(=O)OCC(COC(=O)CCCCCCC/C=C\C/C=C\CCCCC)OC(=O)CCCCCCCCCC/C=C\C/C=C\C/C=C\C/C=C\CC. The van der Waals surface area contributed by atoms with Gasteiger partial charge in [0.05, 0.1) is 0 Å². The lowest BCUT2D eigenvalue weighted by Gasteiger charge is -2.18. The van der Waals surface area contributed by atoms with Gasteiger partial charge in [-0.2, -0.15) is 0 Å². The van der Waals surface area contributed by atoms with Crippen LogP contribution < -0.4 is 0 Å². The summed E-state index contributed by atoms with van der Waals surface area (Å²) in [7, 11) is 0. The fourth-order valence-corrected chi connectivity index (χ4v) is 9.40. The van der Waals surface area contributed by atoms with E-state index in [9.17, 15) is 14.4 Å². The average Bonchev–Trinajstić information content (AvgIpc) is 3.47. The van der Waals surface area contributed by atoms with E-state index < -0.39 is 6.10 Å².